The van der Waals surface area contributed by atoms with Gasteiger partial charge in [-0.15, -0.1) is 0 Å². The fourth-order valence-electron chi connectivity index (χ4n) is 3.25. The molecule has 0 spiro atoms. The average Bonchev–Trinajstić information content (AvgIpc) is 2.62. The van der Waals surface area contributed by atoms with Gasteiger partial charge in [-0.1, -0.05) is 31.2 Å². The van der Waals surface area contributed by atoms with Crippen molar-refractivity contribution in [2.45, 2.75) is 40.2 Å². The molecule has 0 radical (unpaired) electrons. The van der Waals surface area contributed by atoms with Crippen molar-refractivity contribution in [3.05, 3.63) is 53.1 Å². The molecule has 0 aromatic heterocycles. The minimum atomic E-state index is -0.642. The quantitative estimate of drug-likeness (QED) is 0.914. The van der Waals surface area contributed by atoms with Crippen molar-refractivity contribution in [2.75, 3.05) is 16.8 Å². The van der Waals surface area contributed by atoms with E-state index in [2.05, 4.69) is 12.2 Å². The van der Waals surface area contributed by atoms with Gasteiger partial charge in [0.15, 0.2) is 6.61 Å². The second kappa shape index (κ2) is 7.20. The second-order valence-corrected chi connectivity index (χ2v) is 6.65. The average molecular weight is 352 g/mol. The van der Waals surface area contributed by atoms with Crippen molar-refractivity contribution in [2.24, 2.45) is 0 Å². The van der Waals surface area contributed by atoms with Crippen LogP contribution >= 0.6 is 0 Å². The first-order valence-electron chi connectivity index (χ1n) is 8.87. The molecule has 0 saturated heterocycles. The van der Waals surface area contributed by atoms with Crippen LogP contribution in [0.15, 0.2) is 36.4 Å². The number of ether oxygens (including phenoxy) is 1. The summed E-state index contributed by atoms with van der Waals surface area (Å²) in [5.74, 6) is 0.197. The minimum absolute atomic E-state index is 0.0573. The number of amides is 2. The van der Waals surface area contributed by atoms with E-state index in [9.17, 15) is 9.59 Å². The molecule has 0 aliphatic carbocycles. The number of nitrogens with one attached hydrogen (secondary N) is 1. The summed E-state index contributed by atoms with van der Waals surface area (Å²) in [6.45, 7) is 7.66. The van der Waals surface area contributed by atoms with Gasteiger partial charge in [0.05, 0.1) is 5.69 Å². The third-order valence-electron chi connectivity index (χ3n) is 4.75. The lowest BCUT2D eigenvalue weighted by Gasteiger charge is -2.33. The fourth-order valence-corrected chi connectivity index (χ4v) is 3.25. The molecule has 5 nitrogen and oxygen atoms in total. The molecule has 2 amide bonds. The van der Waals surface area contributed by atoms with Crippen LogP contribution in [0.5, 0.6) is 5.75 Å². The van der Waals surface area contributed by atoms with Gasteiger partial charge in [-0.3, -0.25) is 14.5 Å². The first kappa shape index (κ1) is 18.0. The highest BCUT2D eigenvalue weighted by atomic mass is 16.5. The fraction of sp³-hybridized carbons (Fsp3) is 0.333. The number of benzene rings is 2. The highest BCUT2D eigenvalue weighted by Gasteiger charge is 2.33. The van der Waals surface area contributed by atoms with Gasteiger partial charge < -0.3 is 10.1 Å². The van der Waals surface area contributed by atoms with E-state index >= 15 is 0 Å². The molecule has 2 aromatic carbocycles. The lowest BCUT2D eigenvalue weighted by Crippen LogP contribution is -2.49. The number of aryl methyl sites for hydroxylation is 3. The Morgan fingerprint density at radius 1 is 1.27 bits per heavy atom. The molecule has 136 valence electrons. The van der Waals surface area contributed by atoms with Crippen LogP contribution in [0.1, 0.15) is 30.5 Å². The molecular formula is C21H24N2O3. The van der Waals surface area contributed by atoms with Crippen LogP contribution in [-0.2, 0) is 16.0 Å². The summed E-state index contributed by atoms with van der Waals surface area (Å²) in [5.41, 5.74) is 4.57. The van der Waals surface area contributed by atoms with Crippen LogP contribution in [0.4, 0.5) is 11.4 Å². The van der Waals surface area contributed by atoms with Gasteiger partial charge >= 0.3 is 0 Å². The van der Waals surface area contributed by atoms with Crippen LogP contribution in [0.2, 0.25) is 0 Å². The van der Waals surface area contributed by atoms with E-state index in [-0.39, 0.29) is 18.4 Å². The number of carbonyl (C=O) groups is 2. The third kappa shape index (κ3) is 3.29. The number of fused-ring (bicyclic) bond motifs is 1. The van der Waals surface area contributed by atoms with E-state index in [0.717, 1.165) is 28.8 Å². The molecule has 0 saturated carbocycles. The SMILES string of the molecule is CCc1cccc(C)c1NC(=O)C(C)N1C(=O)COc2ccc(C)cc21. The second-order valence-electron chi connectivity index (χ2n) is 6.65. The third-order valence-corrected chi connectivity index (χ3v) is 4.75. The number of hydrogen-bond acceptors (Lipinski definition) is 3. The molecular weight excluding hydrogens is 328 g/mol. The van der Waals surface area contributed by atoms with Crippen LogP contribution in [0.3, 0.4) is 0 Å². The van der Waals surface area contributed by atoms with E-state index in [0.29, 0.717) is 11.4 Å². The molecule has 0 fully saturated rings. The lowest BCUT2D eigenvalue weighted by atomic mass is 10.0. The summed E-state index contributed by atoms with van der Waals surface area (Å²) in [7, 11) is 0. The maximum Gasteiger partial charge on any atom is 0.265 e. The van der Waals surface area contributed by atoms with E-state index in [1.54, 1.807) is 6.92 Å². The minimum Gasteiger partial charge on any atom is -0.482 e. The summed E-state index contributed by atoms with van der Waals surface area (Å²) >= 11 is 0. The summed E-state index contributed by atoms with van der Waals surface area (Å²) in [5, 5.41) is 3.02. The van der Waals surface area contributed by atoms with Gasteiger partial charge in [0.25, 0.3) is 5.91 Å². The monoisotopic (exact) mass is 352 g/mol. The summed E-state index contributed by atoms with van der Waals surface area (Å²) < 4.78 is 5.50. The highest BCUT2D eigenvalue weighted by Crippen LogP contribution is 2.34. The highest BCUT2D eigenvalue weighted by molar-refractivity contribution is 6.07. The molecule has 1 heterocycles. The molecule has 3 rings (SSSR count). The molecule has 5 heteroatoms. The van der Waals surface area contributed by atoms with Crippen LogP contribution < -0.4 is 15.0 Å². The smallest absolute Gasteiger partial charge is 0.265 e. The van der Waals surface area contributed by atoms with Crippen molar-refractivity contribution >= 4 is 23.2 Å². The predicted molar refractivity (Wildman–Crippen MR) is 103 cm³/mol. The summed E-state index contributed by atoms with van der Waals surface area (Å²) in [6, 6.07) is 11.0. The number of rotatable bonds is 4. The molecule has 1 N–H and O–H groups in total. The van der Waals surface area contributed by atoms with Gasteiger partial charge in [-0.05, 0) is 56.0 Å². The van der Waals surface area contributed by atoms with Crippen LogP contribution in [-0.4, -0.2) is 24.5 Å². The zero-order valence-electron chi connectivity index (χ0n) is 15.6. The molecule has 0 bridgehead atoms. The molecule has 26 heavy (non-hydrogen) atoms. The van der Waals surface area contributed by atoms with E-state index in [1.807, 2.05) is 50.2 Å². The Morgan fingerprint density at radius 2 is 2.04 bits per heavy atom. The number of anilines is 2. The topological polar surface area (TPSA) is 58.6 Å². The maximum absolute atomic E-state index is 12.9. The van der Waals surface area contributed by atoms with Crippen molar-refractivity contribution in [1.82, 2.24) is 0 Å². The Hall–Kier alpha value is -2.82. The standard InChI is InChI=1S/C21H24N2O3/c1-5-16-8-6-7-14(3)20(16)22-21(25)15(4)23-17-11-13(2)9-10-18(17)26-12-19(23)24/h6-11,15H,5,12H2,1-4H3,(H,22,25). The molecule has 1 aliphatic heterocycles. The van der Waals surface area contributed by atoms with E-state index in [1.165, 1.54) is 4.90 Å². The van der Waals surface area contributed by atoms with E-state index in [4.69, 9.17) is 4.74 Å². The zero-order valence-corrected chi connectivity index (χ0v) is 15.6. The Labute approximate surface area is 154 Å². The number of carbonyl (C=O) groups excluding carboxylic acids is 2. The number of nitrogens with zero attached hydrogens (tertiary/aromatic N) is 1. The maximum atomic E-state index is 12.9. The lowest BCUT2D eigenvalue weighted by molar-refractivity contribution is -0.125. The van der Waals surface area contributed by atoms with Crippen molar-refractivity contribution in [1.29, 1.82) is 0 Å². The Morgan fingerprint density at radius 3 is 2.77 bits per heavy atom. The van der Waals surface area contributed by atoms with Gasteiger partial charge in [0, 0.05) is 5.69 Å². The summed E-state index contributed by atoms with van der Waals surface area (Å²) in [4.78, 5) is 26.9. The van der Waals surface area contributed by atoms with Crippen LogP contribution in [0.25, 0.3) is 0 Å². The van der Waals surface area contributed by atoms with Crippen molar-refractivity contribution < 1.29 is 14.3 Å². The van der Waals surface area contributed by atoms with Gasteiger partial charge in [-0.25, -0.2) is 0 Å². The zero-order chi connectivity index (χ0) is 18.8. The molecule has 1 aliphatic rings. The molecule has 1 unspecified atom stereocenters. The van der Waals surface area contributed by atoms with E-state index < -0.39 is 6.04 Å². The van der Waals surface area contributed by atoms with Crippen molar-refractivity contribution in [3.8, 4) is 5.75 Å². The van der Waals surface area contributed by atoms with Gasteiger partial charge in [-0.2, -0.15) is 0 Å². The molecule has 1 atom stereocenters. The molecule has 2 aromatic rings. The summed E-state index contributed by atoms with van der Waals surface area (Å²) in [6.07, 6.45) is 0.824. The van der Waals surface area contributed by atoms with Crippen molar-refractivity contribution in [3.63, 3.8) is 0 Å². The van der Waals surface area contributed by atoms with Gasteiger partial charge in [0.2, 0.25) is 5.91 Å². The Bertz CT molecular complexity index is 860. The number of hydrogen-bond donors (Lipinski definition) is 1. The van der Waals surface area contributed by atoms with Crippen LogP contribution in [0, 0.1) is 13.8 Å². The first-order chi connectivity index (χ1) is 12.4. The largest absolute Gasteiger partial charge is 0.482 e. The van der Waals surface area contributed by atoms with Gasteiger partial charge in [0.1, 0.15) is 11.8 Å². The number of para-hydroxylation sites is 1. The first-order valence-corrected chi connectivity index (χ1v) is 8.87. The predicted octanol–water partition coefficient (Wildman–Crippen LogP) is 3.62. The Balaban J connectivity index is 1.90. The normalized spacial score (nSPS) is 14.5. The Kier molecular flexibility index (Phi) is 4.98.